The zero-order chi connectivity index (χ0) is 25.7. The molecule has 0 spiro atoms. The minimum Gasteiger partial charge on any atom is -0.392 e. The highest BCUT2D eigenvalue weighted by atomic mass is 19.1. The van der Waals surface area contributed by atoms with Crippen LogP contribution in [0.5, 0.6) is 0 Å². The fraction of sp³-hybridized carbons (Fsp3) is 0.308. The highest BCUT2D eigenvalue weighted by molar-refractivity contribution is 6.09. The molecule has 1 amide bonds. The van der Waals surface area contributed by atoms with Crippen LogP contribution < -0.4 is 10.6 Å². The topological polar surface area (TPSA) is 136 Å². The van der Waals surface area contributed by atoms with E-state index >= 15 is 4.39 Å². The molecule has 0 radical (unpaired) electrons. The number of carbonyl (C=O) groups excluding carboxylic acids is 1. The molecule has 3 heterocycles. The molecule has 1 aliphatic heterocycles. The van der Waals surface area contributed by atoms with E-state index in [0.29, 0.717) is 47.3 Å². The first-order chi connectivity index (χ1) is 17.9. The van der Waals surface area contributed by atoms with Gasteiger partial charge in [0.25, 0.3) is 5.91 Å². The van der Waals surface area contributed by atoms with E-state index < -0.39 is 11.7 Å². The van der Waals surface area contributed by atoms with Gasteiger partial charge >= 0.3 is 0 Å². The van der Waals surface area contributed by atoms with Gasteiger partial charge in [-0.1, -0.05) is 18.2 Å². The Morgan fingerprint density at radius 2 is 2.00 bits per heavy atom. The predicted molar refractivity (Wildman–Crippen MR) is 133 cm³/mol. The molecule has 1 aliphatic carbocycles. The molecule has 0 unspecified atom stereocenters. The van der Waals surface area contributed by atoms with E-state index in [1.807, 2.05) is 6.07 Å². The molecule has 3 N–H and O–H groups in total. The number of aromatic nitrogens is 6. The molecule has 4 aromatic rings. The number of aliphatic hydroxyl groups is 1. The highest BCUT2D eigenvalue weighted by Crippen LogP contribution is 2.42. The second-order valence-corrected chi connectivity index (χ2v) is 9.42. The average Bonchev–Trinajstić information content (AvgIpc) is 3.65. The number of aryl methyl sites for hydroxylation is 1. The van der Waals surface area contributed by atoms with Crippen LogP contribution in [-0.4, -0.2) is 47.3 Å². The SMILES string of the molecule is Cn1cnc(Cc2nc(N)nc(-c3cccc(N4CCc5cc(C6CC6)cc(F)c5C4=O)c3CO)n2)n1. The summed E-state index contributed by atoms with van der Waals surface area (Å²) in [5, 5.41) is 14.6. The Balaban J connectivity index is 1.37. The van der Waals surface area contributed by atoms with Gasteiger partial charge in [-0.2, -0.15) is 15.1 Å². The third-order valence-corrected chi connectivity index (χ3v) is 6.81. The summed E-state index contributed by atoms with van der Waals surface area (Å²) < 4.78 is 16.7. The molecule has 10 nitrogen and oxygen atoms in total. The second-order valence-electron chi connectivity index (χ2n) is 9.42. The number of anilines is 2. The summed E-state index contributed by atoms with van der Waals surface area (Å²) in [5.41, 5.74) is 9.22. The van der Waals surface area contributed by atoms with E-state index in [1.54, 1.807) is 36.3 Å². The molecule has 188 valence electrons. The maximum absolute atomic E-state index is 15.1. The summed E-state index contributed by atoms with van der Waals surface area (Å²) in [6, 6.07) is 8.70. The maximum atomic E-state index is 15.1. The highest BCUT2D eigenvalue weighted by Gasteiger charge is 2.33. The number of fused-ring (bicyclic) bond motifs is 1. The van der Waals surface area contributed by atoms with Gasteiger partial charge in [0.1, 0.15) is 18.0 Å². The molecular formula is C26H25FN8O2. The van der Waals surface area contributed by atoms with E-state index in [1.165, 1.54) is 11.0 Å². The Morgan fingerprint density at radius 1 is 1.16 bits per heavy atom. The molecule has 0 saturated heterocycles. The predicted octanol–water partition coefficient (Wildman–Crippen LogP) is 2.55. The molecule has 1 fully saturated rings. The number of rotatable bonds is 6. The minimum absolute atomic E-state index is 0.0155. The third-order valence-electron chi connectivity index (χ3n) is 6.81. The van der Waals surface area contributed by atoms with Gasteiger partial charge in [0, 0.05) is 24.7 Å². The molecule has 37 heavy (non-hydrogen) atoms. The van der Waals surface area contributed by atoms with Crippen LogP contribution in [0.1, 0.15) is 57.5 Å². The third kappa shape index (κ3) is 4.31. The van der Waals surface area contributed by atoms with Gasteiger partial charge in [-0.05, 0) is 48.4 Å². The van der Waals surface area contributed by atoms with Crippen molar-refractivity contribution >= 4 is 17.5 Å². The zero-order valence-corrected chi connectivity index (χ0v) is 20.2. The average molecular weight is 501 g/mol. The summed E-state index contributed by atoms with van der Waals surface area (Å²) in [6.07, 6.45) is 4.47. The van der Waals surface area contributed by atoms with Crippen LogP contribution in [-0.2, 0) is 26.5 Å². The molecule has 2 aromatic heterocycles. The molecular weight excluding hydrogens is 475 g/mol. The molecule has 6 rings (SSSR count). The number of hydrogen-bond donors (Lipinski definition) is 2. The smallest absolute Gasteiger partial charge is 0.261 e. The number of carbonyl (C=O) groups is 1. The van der Waals surface area contributed by atoms with Gasteiger partial charge in [-0.25, -0.2) is 14.4 Å². The van der Waals surface area contributed by atoms with Crippen LogP contribution in [0.3, 0.4) is 0 Å². The normalized spacial score (nSPS) is 15.2. The monoisotopic (exact) mass is 500 g/mol. The molecule has 0 bridgehead atoms. The lowest BCUT2D eigenvalue weighted by atomic mass is 9.93. The van der Waals surface area contributed by atoms with Crippen molar-refractivity contribution in [1.82, 2.24) is 29.7 Å². The van der Waals surface area contributed by atoms with Crippen molar-refractivity contribution < 1.29 is 14.3 Å². The minimum atomic E-state index is -0.492. The maximum Gasteiger partial charge on any atom is 0.261 e. The van der Waals surface area contributed by atoms with Crippen molar-refractivity contribution in [2.45, 2.75) is 38.2 Å². The van der Waals surface area contributed by atoms with Crippen LogP contribution in [0.25, 0.3) is 11.4 Å². The molecule has 11 heteroatoms. The number of nitrogens with two attached hydrogens (primary N) is 1. The Labute approximate surface area is 212 Å². The van der Waals surface area contributed by atoms with Gasteiger partial charge < -0.3 is 15.7 Å². The standard InChI is InChI=1S/C26H25FN8O2/c1-34-13-29-21(33-34)11-22-30-24(32-26(28)31-22)17-3-2-4-20(18(17)12-36)35-8-7-15-9-16(14-5-6-14)10-19(27)23(15)25(35)37/h2-4,9-10,13-14,36H,5-8,11-12H2,1H3,(H2,28,30,31,32). The van der Waals surface area contributed by atoms with Crippen LogP contribution >= 0.6 is 0 Å². The number of hydrogen-bond acceptors (Lipinski definition) is 8. The summed E-state index contributed by atoms with van der Waals surface area (Å²) in [4.78, 5) is 32.2. The first-order valence-corrected chi connectivity index (χ1v) is 12.1. The van der Waals surface area contributed by atoms with E-state index in [9.17, 15) is 9.90 Å². The van der Waals surface area contributed by atoms with Crippen molar-refractivity contribution in [3.8, 4) is 11.4 Å². The lowest BCUT2D eigenvalue weighted by Gasteiger charge is -2.31. The summed E-state index contributed by atoms with van der Waals surface area (Å²) >= 11 is 0. The lowest BCUT2D eigenvalue weighted by molar-refractivity contribution is 0.0976. The van der Waals surface area contributed by atoms with Crippen molar-refractivity contribution in [1.29, 1.82) is 0 Å². The first kappa shape index (κ1) is 23.2. The van der Waals surface area contributed by atoms with Gasteiger partial charge in [0.15, 0.2) is 11.6 Å². The quantitative estimate of drug-likeness (QED) is 0.412. The number of benzene rings is 2. The number of nitrogens with zero attached hydrogens (tertiary/aromatic N) is 7. The van der Waals surface area contributed by atoms with Gasteiger partial charge in [-0.15, -0.1) is 0 Å². The fourth-order valence-electron chi connectivity index (χ4n) is 4.92. The van der Waals surface area contributed by atoms with Gasteiger partial charge in [-0.3, -0.25) is 9.48 Å². The van der Waals surface area contributed by atoms with E-state index in [4.69, 9.17) is 5.73 Å². The Hall–Kier alpha value is -4.25. The van der Waals surface area contributed by atoms with Crippen molar-refractivity contribution in [3.63, 3.8) is 0 Å². The Kier molecular flexibility index (Phi) is 5.64. The van der Waals surface area contributed by atoms with Crippen LogP contribution in [0.2, 0.25) is 0 Å². The summed E-state index contributed by atoms with van der Waals surface area (Å²) in [5.74, 6) is 0.658. The van der Waals surface area contributed by atoms with Gasteiger partial charge in [0.05, 0.1) is 24.3 Å². The first-order valence-electron chi connectivity index (χ1n) is 12.1. The van der Waals surface area contributed by atoms with Crippen molar-refractivity contribution in [2.24, 2.45) is 7.05 Å². The number of aliphatic hydroxyl groups excluding tert-OH is 1. The number of halogens is 1. The van der Waals surface area contributed by atoms with Crippen molar-refractivity contribution in [2.75, 3.05) is 17.2 Å². The molecule has 2 aromatic carbocycles. The second kappa shape index (κ2) is 9.00. The van der Waals surface area contributed by atoms with Crippen LogP contribution in [0.4, 0.5) is 16.0 Å². The summed E-state index contributed by atoms with van der Waals surface area (Å²) in [6.45, 7) is -0.0141. The molecule has 0 atom stereocenters. The Morgan fingerprint density at radius 3 is 2.73 bits per heavy atom. The largest absolute Gasteiger partial charge is 0.392 e. The van der Waals surface area contributed by atoms with Gasteiger partial charge in [0.2, 0.25) is 5.95 Å². The van der Waals surface area contributed by atoms with E-state index in [2.05, 4.69) is 25.0 Å². The van der Waals surface area contributed by atoms with Crippen molar-refractivity contribution in [3.05, 3.63) is 76.4 Å². The van der Waals surface area contributed by atoms with E-state index in [-0.39, 0.29) is 30.4 Å². The molecule has 1 saturated carbocycles. The zero-order valence-electron chi connectivity index (χ0n) is 20.2. The number of nitrogen functional groups attached to an aromatic ring is 1. The number of amides is 1. The fourth-order valence-corrected chi connectivity index (χ4v) is 4.92. The Bertz CT molecular complexity index is 1530. The van der Waals surface area contributed by atoms with Crippen LogP contribution in [0.15, 0.2) is 36.7 Å². The van der Waals surface area contributed by atoms with E-state index in [0.717, 1.165) is 24.0 Å². The summed E-state index contributed by atoms with van der Waals surface area (Å²) in [7, 11) is 1.76. The van der Waals surface area contributed by atoms with Crippen LogP contribution in [0, 0.1) is 5.82 Å². The molecule has 2 aliphatic rings. The lowest BCUT2D eigenvalue weighted by Crippen LogP contribution is -2.39.